The molecule has 0 radical (unpaired) electrons. The van der Waals surface area contributed by atoms with Crippen LogP contribution in [0.25, 0.3) is 6.08 Å². The number of fused-ring (bicyclic) bond motifs is 1. The zero-order valence-corrected chi connectivity index (χ0v) is 7.53. The van der Waals surface area contributed by atoms with Crippen molar-refractivity contribution in [2.75, 3.05) is 6.73 Å². The molecule has 0 aliphatic carbocycles. The third-order valence-electron chi connectivity index (χ3n) is 1.94. The van der Waals surface area contributed by atoms with E-state index in [1.807, 2.05) is 43.5 Å². The van der Waals surface area contributed by atoms with Crippen molar-refractivity contribution in [3.05, 3.63) is 35.4 Å². The normalized spacial score (nSPS) is 14.2. The van der Waals surface area contributed by atoms with E-state index < -0.39 is 0 Å². The van der Waals surface area contributed by atoms with Crippen molar-refractivity contribution in [2.24, 2.45) is 4.99 Å². The lowest BCUT2D eigenvalue weighted by Crippen LogP contribution is -2.05. The molecule has 0 aromatic heterocycles. The molecule has 1 aliphatic rings. The Hall–Kier alpha value is -1.57. The summed E-state index contributed by atoms with van der Waals surface area (Å²) in [6.45, 7) is 2.43. The van der Waals surface area contributed by atoms with Crippen molar-refractivity contribution in [2.45, 2.75) is 6.92 Å². The maximum Gasteiger partial charge on any atom is 0.179 e. The third kappa shape index (κ3) is 1.47. The Kier molecular flexibility index (Phi) is 2.13. The third-order valence-corrected chi connectivity index (χ3v) is 1.94. The first-order valence-electron chi connectivity index (χ1n) is 4.30. The first-order valence-corrected chi connectivity index (χ1v) is 4.30. The highest BCUT2D eigenvalue weighted by atomic mass is 16.5. The number of rotatable bonds is 1. The molecule has 1 aromatic carbocycles. The van der Waals surface area contributed by atoms with Crippen LogP contribution < -0.4 is 4.74 Å². The average Bonchev–Trinajstić information content (AvgIpc) is 2.19. The molecule has 0 saturated carbocycles. The van der Waals surface area contributed by atoms with Gasteiger partial charge in [-0.1, -0.05) is 24.3 Å². The summed E-state index contributed by atoms with van der Waals surface area (Å²) in [5.41, 5.74) is 2.17. The summed E-state index contributed by atoms with van der Waals surface area (Å²) in [6, 6.07) is 6.05. The number of allylic oxidation sites excluding steroid dienone is 1. The molecule has 2 nitrogen and oxygen atoms in total. The average molecular weight is 173 g/mol. The van der Waals surface area contributed by atoms with E-state index in [1.54, 1.807) is 0 Å². The van der Waals surface area contributed by atoms with Crippen molar-refractivity contribution in [3.63, 3.8) is 0 Å². The zero-order valence-electron chi connectivity index (χ0n) is 7.53. The highest BCUT2D eigenvalue weighted by Gasteiger charge is 2.08. The maximum atomic E-state index is 5.46. The van der Waals surface area contributed by atoms with Crippen LogP contribution in [0.4, 0.5) is 0 Å². The fourth-order valence-electron chi connectivity index (χ4n) is 1.39. The molecular formula is C11H11NO. The van der Waals surface area contributed by atoms with Crippen LogP contribution in [0.5, 0.6) is 5.75 Å². The van der Waals surface area contributed by atoms with Crippen LogP contribution in [0.2, 0.25) is 0 Å². The van der Waals surface area contributed by atoms with Gasteiger partial charge in [-0.2, -0.15) is 0 Å². The molecule has 0 saturated heterocycles. The zero-order chi connectivity index (χ0) is 9.10. The number of para-hydroxylation sites is 1. The summed E-state index contributed by atoms with van der Waals surface area (Å²) in [7, 11) is 0. The molecule has 1 aliphatic heterocycles. The van der Waals surface area contributed by atoms with E-state index >= 15 is 0 Å². The Bertz CT molecular complexity index is 366. The summed E-state index contributed by atoms with van der Waals surface area (Å²) in [4.78, 5) is 4.05. The van der Waals surface area contributed by atoms with E-state index in [0.29, 0.717) is 6.73 Å². The van der Waals surface area contributed by atoms with Crippen molar-refractivity contribution < 1.29 is 4.74 Å². The van der Waals surface area contributed by atoms with E-state index in [4.69, 9.17) is 4.74 Å². The summed E-state index contributed by atoms with van der Waals surface area (Å²) in [5, 5.41) is 0. The van der Waals surface area contributed by atoms with Gasteiger partial charge in [-0.05, 0) is 13.0 Å². The van der Waals surface area contributed by atoms with Gasteiger partial charge in [-0.25, -0.2) is 0 Å². The highest BCUT2D eigenvalue weighted by Crippen LogP contribution is 2.25. The predicted molar refractivity (Wildman–Crippen MR) is 54.2 cm³/mol. The monoisotopic (exact) mass is 173 g/mol. The fraction of sp³-hybridized carbons (Fsp3) is 0.182. The van der Waals surface area contributed by atoms with Crippen LogP contribution in [0.15, 0.2) is 29.3 Å². The Morgan fingerprint density at radius 3 is 3.23 bits per heavy atom. The molecule has 0 fully saturated rings. The smallest absolute Gasteiger partial charge is 0.179 e. The number of hydrogen-bond donors (Lipinski definition) is 0. The van der Waals surface area contributed by atoms with Crippen LogP contribution in [0.3, 0.4) is 0 Å². The number of aliphatic imine (C=N–C) groups is 1. The van der Waals surface area contributed by atoms with Crippen LogP contribution >= 0.6 is 0 Å². The Balaban J connectivity index is 2.53. The number of ether oxygens (including phenoxy) is 1. The first kappa shape index (κ1) is 8.05. The van der Waals surface area contributed by atoms with Gasteiger partial charge in [0.15, 0.2) is 6.73 Å². The molecule has 66 valence electrons. The molecule has 1 aromatic rings. The largest absolute Gasteiger partial charge is 0.470 e. The minimum atomic E-state index is 0.432. The van der Waals surface area contributed by atoms with E-state index in [-0.39, 0.29) is 0 Å². The number of nitrogens with zero attached hydrogens (tertiary/aromatic N) is 1. The van der Waals surface area contributed by atoms with Gasteiger partial charge in [0.25, 0.3) is 0 Å². The van der Waals surface area contributed by atoms with Crippen LogP contribution in [-0.4, -0.2) is 12.9 Å². The Morgan fingerprint density at radius 1 is 1.46 bits per heavy atom. The first-order chi connectivity index (χ1) is 6.42. The summed E-state index contributed by atoms with van der Waals surface area (Å²) in [6.07, 6.45) is 5.90. The molecule has 0 atom stereocenters. The molecule has 13 heavy (non-hydrogen) atoms. The maximum absolute atomic E-state index is 5.46. The molecular weight excluding hydrogens is 162 g/mol. The van der Waals surface area contributed by atoms with Gasteiger partial charge in [-0.15, -0.1) is 0 Å². The van der Waals surface area contributed by atoms with E-state index in [0.717, 1.165) is 16.9 Å². The second kappa shape index (κ2) is 3.44. The number of hydrogen-bond acceptors (Lipinski definition) is 2. The minimum absolute atomic E-state index is 0.432. The highest BCUT2D eigenvalue weighted by molar-refractivity contribution is 5.86. The van der Waals surface area contributed by atoms with E-state index in [2.05, 4.69) is 4.99 Å². The summed E-state index contributed by atoms with van der Waals surface area (Å²) >= 11 is 0. The fourth-order valence-corrected chi connectivity index (χ4v) is 1.39. The van der Waals surface area contributed by atoms with Crippen molar-refractivity contribution >= 4 is 12.3 Å². The van der Waals surface area contributed by atoms with E-state index in [1.165, 1.54) is 0 Å². The molecule has 0 unspecified atom stereocenters. The molecule has 2 heteroatoms. The van der Waals surface area contributed by atoms with Crippen molar-refractivity contribution in [3.8, 4) is 5.75 Å². The molecule has 0 amide bonds. The molecule has 0 bridgehead atoms. The standard InChI is InChI=1S/C11H11NO/c1-2-4-9-5-3-6-10-7-12-8-13-11(9)10/h2-7H,8H2,1H3. The number of benzene rings is 1. The summed E-state index contributed by atoms with van der Waals surface area (Å²) < 4.78 is 5.46. The predicted octanol–water partition coefficient (Wildman–Crippen LogP) is 2.49. The second-order valence-electron chi connectivity index (χ2n) is 2.85. The molecule has 2 rings (SSSR count). The topological polar surface area (TPSA) is 21.6 Å². The summed E-state index contributed by atoms with van der Waals surface area (Å²) in [5.74, 6) is 0.940. The lowest BCUT2D eigenvalue weighted by molar-refractivity contribution is 0.325. The van der Waals surface area contributed by atoms with Crippen molar-refractivity contribution in [1.82, 2.24) is 0 Å². The lowest BCUT2D eigenvalue weighted by Gasteiger charge is -2.13. The van der Waals surface area contributed by atoms with Crippen LogP contribution in [0, 0.1) is 0 Å². The van der Waals surface area contributed by atoms with Gasteiger partial charge in [-0.3, -0.25) is 4.99 Å². The van der Waals surface area contributed by atoms with Crippen LogP contribution in [-0.2, 0) is 0 Å². The molecule has 1 heterocycles. The molecule has 0 spiro atoms. The Labute approximate surface area is 77.6 Å². The van der Waals surface area contributed by atoms with E-state index in [9.17, 15) is 0 Å². The lowest BCUT2D eigenvalue weighted by atomic mass is 10.1. The SMILES string of the molecule is CC=Cc1cccc2c1OCN=C2. The minimum Gasteiger partial charge on any atom is -0.470 e. The molecule has 0 N–H and O–H groups in total. The second-order valence-corrected chi connectivity index (χ2v) is 2.85. The van der Waals surface area contributed by atoms with Gasteiger partial charge in [0.05, 0.1) is 0 Å². The van der Waals surface area contributed by atoms with Gasteiger partial charge in [0, 0.05) is 17.3 Å². The van der Waals surface area contributed by atoms with Crippen molar-refractivity contribution in [1.29, 1.82) is 0 Å². The van der Waals surface area contributed by atoms with Gasteiger partial charge >= 0.3 is 0 Å². The Morgan fingerprint density at radius 2 is 2.38 bits per heavy atom. The van der Waals surface area contributed by atoms with Gasteiger partial charge in [0.1, 0.15) is 5.75 Å². The van der Waals surface area contributed by atoms with Gasteiger partial charge in [0.2, 0.25) is 0 Å². The quantitative estimate of drug-likeness (QED) is 0.639. The van der Waals surface area contributed by atoms with Crippen LogP contribution in [0.1, 0.15) is 18.1 Å². The van der Waals surface area contributed by atoms with Gasteiger partial charge < -0.3 is 4.74 Å².